The summed E-state index contributed by atoms with van der Waals surface area (Å²) in [6.45, 7) is 5.82. The number of urea groups is 1. The maximum absolute atomic E-state index is 12.2. The fraction of sp³-hybridized carbons (Fsp3) is 0.632. The van der Waals surface area contributed by atoms with Crippen molar-refractivity contribution >= 4 is 17.8 Å². The topological polar surface area (TPSA) is 85.8 Å². The van der Waals surface area contributed by atoms with E-state index in [4.69, 9.17) is 5.11 Å². The summed E-state index contributed by atoms with van der Waals surface area (Å²) in [6, 6.07) is 3.90. The third kappa shape index (κ3) is 4.65. The molecule has 0 saturated carbocycles. The quantitative estimate of drug-likeness (QED) is 0.861. The van der Waals surface area contributed by atoms with E-state index in [-0.39, 0.29) is 11.9 Å². The molecule has 2 aliphatic rings. The first-order chi connectivity index (χ1) is 12.5. The molecule has 2 saturated heterocycles. The summed E-state index contributed by atoms with van der Waals surface area (Å²) in [5.41, 5.74) is 0.966. The van der Waals surface area contributed by atoms with Crippen LogP contribution in [0.1, 0.15) is 38.2 Å². The molecule has 0 radical (unpaired) electrons. The van der Waals surface area contributed by atoms with Crippen molar-refractivity contribution < 1.29 is 14.7 Å². The normalized spacial score (nSPS) is 19.4. The number of carbonyl (C=O) groups is 2. The number of anilines is 1. The Morgan fingerprint density at radius 2 is 1.85 bits per heavy atom. The van der Waals surface area contributed by atoms with E-state index < -0.39 is 5.97 Å². The van der Waals surface area contributed by atoms with Gasteiger partial charge in [-0.3, -0.25) is 4.79 Å². The second-order valence-electron chi connectivity index (χ2n) is 7.45. The van der Waals surface area contributed by atoms with Gasteiger partial charge in [0.25, 0.3) is 0 Å². The Balaban J connectivity index is 1.44. The summed E-state index contributed by atoms with van der Waals surface area (Å²) >= 11 is 0. The van der Waals surface area contributed by atoms with Gasteiger partial charge in [-0.1, -0.05) is 13.0 Å². The molecular formula is C19H28N4O3. The highest BCUT2D eigenvalue weighted by molar-refractivity contribution is 5.75. The van der Waals surface area contributed by atoms with Crippen molar-refractivity contribution in [2.24, 2.45) is 11.8 Å². The number of nitrogens with zero attached hydrogens (tertiary/aromatic N) is 3. The van der Waals surface area contributed by atoms with Crippen molar-refractivity contribution in [1.82, 2.24) is 15.2 Å². The Kier molecular flexibility index (Phi) is 5.96. The van der Waals surface area contributed by atoms with E-state index in [1.807, 2.05) is 18.3 Å². The van der Waals surface area contributed by atoms with Crippen LogP contribution in [0.2, 0.25) is 0 Å². The van der Waals surface area contributed by atoms with Crippen LogP contribution in [0.4, 0.5) is 10.6 Å². The van der Waals surface area contributed by atoms with E-state index in [1.54, 1.807) is 4.90 Å². The van der Waals surface area contributed by atoms with Gasteiger partial charge >= 0.3 is 12.0 Å². The summed E-state index contributed by atoms with van der Waals surface area (Å²) in [6.07, 6.45) is 5.28. The van der Waals surface area contributed by atoms with Gasteiger partial charge in [0.1, 0.15) is 5.82 Å². The molecule has 2 amide bonds. The zero-order valence-corrected chi connectivity index (χ0v) is 15.4. The maximum Gasteiger partial charge on any atom is 0.317 e. The third-order valence-corrected chi connectivity index (χ3v) is 5.49. The second kappa shape index (κ2) is 8.38. The van der Waals surface area contributed by atoms with Gasteiger partial charge in [-0.05, 0) is 43.2 Å². The first kappa shape index (κ1) is 18.5. The predicted octanol–water partition coefficient (Wildman–Crippen LogP) is 2.32. The molecule has 3 rings (SSSR count). The molecule has 7 nitrogen and oxygen atoms in total. The van der Waals surface area contributed by atoms with Gasteiger partial charge in [0.15, 0.2) is 0 Å². The number of pyridine rings is 1. The Hall–Kier alpha value is -2.31. The molecule has 2 aliphatic heterocycles. The highest BCUT2D eigenvalue weighted by Gasteiger charge is 2.26. The summed E-state index contributed by atoms with van der Waals surface area (Å²) in [5, 5.41) is 11.9. The minimum absolute atomic E-state index is 0.136. The monoisotopic (exact) mass is 360 g/mol. The lowest BCUT2D eigenvalue weighted by atomic mass is 9.97. The molecule has 2 fully saturated rings. The van der Waals surface area contributed by atoms with Crippen LogP contribution in [0.3, 0.4) is 0 Å². The molecule has 1 aromatic heterocycles. The molecule has 2 N–H and O–H groups in total. The highest BCUT2D eigenvalue weighted by Crippen LogP contribution is 2.21. The number of aromatic nitrogens is 1. The average Bonchev–Trinajstić information content (AvgIpc) is 2.67. The number of amides is 2. The molecule has 0 bridgehead atoms. The number of nitrogens with one attached hydrogen (secondary N) is 1. The lowest BCUT2D eigenvalue weighted by Crippen LogP contribution is -2.45. The average molecular weight is 360 g/mol. The van der Waals surface area contributed by atoms with Gasteiger partial charge in [-0.15, -0.1) is 0 Å². The van der Waals surface area contributed by atoms with Crippen molar-refractivity contribution in [3.63, 3.8) is 0 Å². The number of likely N-dealkylation sites (tertiary alicyclic amines) is 1. The number of aliphatic carboxylic acids is 1. The summed E-state index contributed by atoms with van der Waals surface area (Å²) in [5.74, 6) is 0.706. The van der Waals surface area contributed by atoms with E-state index in [0.717, 1.165) is 30.4 Å². The predicted molar refractivity (Wildman–Crippen MR) is 99.0 cm³/mol. The molecule has 26 heavy (non-hydrogen) atoms. The first-order valence-corrected chi connectivity index (χ1v) is 9.48. The molecule has 7 heteroatoms. The summed E-state index contributed by atoms with van der Waals surface area (Å²) in [7, 11) is 0. The number of carbonyl (C=O) groups excluding carboxylic acids is 1. The van der Waals surface area contributed by atoms with Gasteiger partial charge in [-0.2, -0.15) is 0 Å². The van der Waals surface area contributed by atoms with Crippen LogP contribution in [-0.2, 0) is 11.3 Å². The molecular weight excluding hydrogens is 332 g/mol. The van der Waals surface area contributed by atoms with Crippen molar-refractivity contribution in [1.29, 1.82) is 0 Å². The summed E-state index contributed by atoms with van der Waals surface area (Å²) < 4.78 is 0. The lowest BCUT2D eigenvalue weighted by molar-refractivity contribution is -0.143. The Morgan fingerprint density at radius 1 is 1.15 bits per heavy atom. The highest BCUT2D eigenvalue weighted by atomic mass is 16.4. The first-order valence-electron chi connectivity index (χ1n) is 9.48. The van der Waals surface area contributed by atoms with Gasteiger partial charge in [-0.25, -0.2) is 9.78 Å². The molecule has 0 unspecified atom stereocenters. The largest absolute Gasteiger partial charge is 0.481 e. The van der Waals surface area contributed by atoms with Crippen molar-refractivity contribution in [2.75, 3.05) is 31.1 Å². The second-order valence-corrected chi connectivity index (χ2v) is 7.45. The van der Waals surface area contributed by atoms with Crippen LogP contribution in [-0.4, -0.2) is 53.2 Å². The van der Waals surface area contributed by atoms with Crippen LogP contribution in [0.25, 0.3) is 0 Å². The minimum atomic E-state index is -0.764. The SMILES string of the molecule is CC1CCN(c2ccc(CNC(=O)N3CCC(C(=O)O)CC3)cn2)CC1. The number of hydrogen-bond acceptors (Lipinski definition) is 4. The van der Waals surface area contributed by atoms with Crippen molar-refractivity contribution in [3.8, 4) is 0 Å². The molecule has 0 atom stereocenters. The smallest absolute Gasteiger partial charge is 0.317 e. The van der Waals surface area contributed by atoms with Gasteiger partial charge < -0.3 is 20.2 Å². The Bertz CT molecular complexity index is 618. The van der Waals surface area contributed by atoms with Crippen molar-refractivity contribution in [2.45, 2.75) is 39.2 Å². The standard InChI is InChI=1S/C19H28N4O3/c1-14-4-8-22(9-5-14)17-3-2-15(12-20-17)13-21-19(26)23-10-6-16(7-11-23)18(24)25/h2-3,12,14,16H,4-11,13H2,1H3,(H,21,26)(H,24,25). The van der Waals surface area contributed by atoms with Crippen LogP contribution in [0, 0.1) is 11.8 Å². The third-order valence-electron chi connectivity index (χ3n) is 5.49. The van der Waals surface area contributed by atoms with E-state index in [2.05, 4.69) is 22.1 Å². The van der Waals surface area contributed by atoms with Gasteiger partial charge in [0.2, 0.25) is 0 Å². The molecule has 0 spiro atoms. The fourth-order valence-corrected chi connectivity index (χ4v) is 3.57. The number of carboxylic acid groups (broad SMARTS) is 1. The van der Waals surface area contributed by atoms with Gasteiger partial charge in [0.05, 0.1) is 5.92 Å². The molecule has 0 aromatic carbocycles. The Morgan fingerprint density at radius 3 is 2.42 bits per heavy atom. The fourth-order valence-electron chi connectivity index (χ4n) is 3.57. The lowest BCUT2D eigenvalue weighted by Gasteiger charge is -2.31. The van der Waals surface area contributed by atoms with Crippen molar-refractivity contribution in [3.05, 3.63) is 23.9 Å². The Labute approximate surface area is 154 Å². The number of carboxylic acids is 1. The van der Waals surface area contributed by atoms with Crippen LogP contribution < -0.4 is 10.2 Å². The molecule has 0 aliphatic carbocycles. The van der Waals surface area contributed by atoms with Crippen LogP contribution >= 0.6 is 0 Å². The van der Waals surface area contributed by atoms with E-state index in [1.165, 1.54) is 12.8 Å². The maximum atomic E-state index is 12.2. The van der Waals surface area contributed by atoms with E-state index in [0.29, 0.717) is 32.5 Å². The van der Waals surface area contributed by atoms with E-state index in [9.17, 15) is 9.59 Å². The zero-order chi connectivity index (χ0) is 18.5. The molecule has 3 heterocycles. The minimum Gasteiger partial charge on any atom is -0.481 e. The zero-order valence-electron chi connectivity index (χ0n) is 15.4. The van der Waals surface area contributed by atoms with Gasteiger partial charge in [0, 0.05) is 38.9 Å². The van der Waals surface area contributed by atoms with Crippen LogP contribution in [0.5, 0.6) is 0 Å². The number of hydrogen-bond donors (Lipinski definition) is 2. The molecule has 142 valence electrons. The molecule has 1 aromatic rings. The number of piperidine rings is 2. The number of rotatable bonds is 4. The van der Waals surface area contributed by atoms with E-state index >= 15 is 0 Å². The van der Waals surface area contributed by atoms with Crippen LogP contribution in [0.15, 0.2) is 18.3 Å². The summed E-state index contributed by atoms with van der Waals surface area (Å²) in [4.78, 5) is 31.7.